The predicted octanol–water partition coefficient (Wildman–Crippen LogP) is 4.88. The Morgan fingerprint density at radius 2 is 1.59 bits per heavy atom. The molecule has 1 heterocycles. The van der Waals surface area contributed by atoms with Crippen LogP contribution in [0.5, 0.6) is 5.75 Å². The van der Waals surface area contributed by atoms with Gasteiger partial charge in [0.1, 0.15) is 11.6 Å². The van der Waals surface area contributed by atoms with Crippen LogP contribution in [-0.4, -0.2) is 27.3 Å². The third-order valence-corrected chi connectivity index (χ3v) is 4.59. The van der Waals surface area contributed by atoms with Gasteiger partial charge in [-0.2, -0.15) is 0 Å². The molecule has 4 aromatic rings. The Kier molecular flexibility index (Phi) is 5.35. The van der Waals surface area contributed by atoms with Crippen LogP contribution in [0.1, 0.15) is 11.5 Å². The average molecular weight is 389 g/mol. The van der Waals surface area contributed by atoms with Crippen LogP contribution in [0.4, 0.5) is 4.39 Å². The molecule has 0 amide bonds. The number of halogens is 1. The Hall–Kier alpha value is -3.51. The van der Waals surface area contributed by atoms with Crippen LogP contribution in [0, 0.1) is 5.82 Å². The van der Waals surface area contributed by atoms with Crippen LogP contribution in [0.3, 0.4) is 0 Å². The number of aromatic nitrogens is 2. The van der Waals surface area contributed by atoms with Crippen molar-refractivity contribution in [3.63, 3.8) is 0 Å². The first kappa shape index (κ1) is 18.8. The maximum atomic E-state index is 13.2. The van der Waals surface area contributed by atoms with Crippen LogP contribution in [-0.2, 0) is 13.1 Å². The lowest BCUT2D eigenvalue weighted by Gasteiger charge is -2.16. The van der Waals surface area contributed by atoms with E-state index in [4.69, 9.17) is 4.42 Å². The van der Waals surface area contributed by atoms with Crippen molar-refractivity contribution < 1.29 is 13.9 Å². The molecule has 6 heteroatoms. The quantitative estimate of drug-likeness (QED) is 0.509. The Balaban J connectivity index is 1.47. The van der Waals surface area contributed by atoms with Gasteiger partial charge < -0.3 is 9.52 Å². The fraction of sp³-hybridized carbons (Fsp3) is 0.130. The average Bonchev–Trinajstić information content (AvgIpc) is 3.19. The minimum Gasteiger partial charge on any atom is -0.508 e. The molecule has 3 aromatic carbocycles. The summed E-state index contributed by atoms with van der Waals surface area (Å²) >= 11 is 0. The first-order valence-electron chi connectivity index (χ1n) is 9.22. The second-order valence-electron chi connectivity index (χ2n) is 6.89. The summed E-state index contributed by atoms with van der Waals surface area (Å²) in [6, 6.07) is 21.3. The Morgan fingerprint density at radius 1 is 0.862 bits per heavy atom. The van der Waals surface area contributed by atoms with Crippen molar-refractivity contribution in [2.24, 2.45) is 0 Å². The van der Waals surface area contributed by atoms with Crippen molar-refractivity contribution in [3.8, 4) is 28.3 Å². The van der Waals surface area contributed by atoms with Crippen LogP contribution in [0.2, 0.25) is 0 Å². The van der Waals surface area contributed by atoms with Gasteiger partial charge in [0.05, 0.1) is 6.54 Å². The summed E-state index contributed by atoms with van der Waals surface area (Å²) < 4.78 is 18.9. The van der Waals surface area contributed by atoms with Gasteiger partial charge in [0, 0.05) is 17.7 Å². The zero-order valence-electron chi connectivity index (χ0n) is 15.9. The van der Waals surface area contributed by atoms with E-state index in [9.17, 15) is 9.50 Å². The van der Waals surface area contributed by atoms with Crippen LogP contribution >= 0.6 is 0 Å². The van der Waals surface area contributed by atoms with Crippen LogP contribution in [0.15, 0.2) is 77.2 Å². The zero-order chi connectivity index (χ0) is 20.2. The number of aromatic hydroxyl groups is 1. The molecule has 29 heavy (non-hydrogen) atoms. The molecule has 0 unspecified atom stereocenters. The first-order chi connectivity index (χ1) is 14.1. The van der Waals surface area contributed by atoms with E-state index in [1.807, 2.05) is 54.4 Å². The van der Waals surface area contributed by atoms with E-state index in [1.54, 1.807) is 18.2 Å². The van der Waals surface area contributed by atoms with E-state index < -0.39 is 0 Å². The topological polar surface area (TPSA) is 62.4 Å². The fourth-order valence-electron chi connectivity index (χ4n) is 3.13. The van der Waals surface area contributed by atoms with E-state index >= 15 is 0 Å². The molecule has 0 saturated carbocycles. The van der Waals surface area contributed by atoms with E-state index in [1.165, 1.54) is 12.1 Å². The lowest BCUT2D eigenvalue weighted by molar-refractivity contribution is 0.279. The summed E-state index contributed by atoms with van der Waals surface area (Å²) in [5.74, 6) is 0.913. The molecule has 146 valence electrons. The number of phenols is 1. The molecule has 0 atom stereocenters. The molecule has 1 aromatic heterocycles. The van der Waals surface area contributed by atoms with Crippen molar-refractivity contribution in [2.45, 2.75) is 13.1 Å². The molecule has 0 fully saturated rings. The number of nitrogens with zero attached hydrogens (tertiary/aromatic N) is 3. The van der Waals surface area contributed by atoms with E-state index in [0.717, 1.165) is 22.3 Å². The summed E-state index contributed by atoms with van der Waals surface area (Å²) in [5.41, 5.74) is 3.44. The summed E-state index contributed by atoms with van der Waals surface area (Å²) in [6.45, 7) is 0.934. The maximum absolute atomic E-state index is 13.2. The highest BCUT2D eigenvalue weighted by Gasteiger charge is 2.13. The van der Waals surface area contributed by atoms with E-state index in [2.05, 4.69) is 10.2 Å². The standard InChI is InChI=1S/C23H20FN3O2/c1-27(15-22-25-26-23(29-22)17-5-3-2-4-6-17)14-19-13-18(9-12-21(19)28)16-7-10-20(24)11-8-16/h2-13,28H,14-15H2,1H3. The lowest BCUT2D eigenvalue weighted by Crippen LogP contribution is -2.17. The lowest BCUT2D eigenvalue weighted by atomic mass is 10.0. The van der Waals surface area contributed by atoms with Gasteiger partial charge in [-0.1, -0.05) is 36.4 Å². The molecule has 0 aliphatic heterocycles. The highest BCUT2D eigenvalue weighted by molar-refractivity contribution is 5.65. The molecule has 5 nitrogen and oxygen atoms in total. The molecule has 4 rings (SSSR count). The molecule has 0 aliphatic carbocycles. The highest BCUT2D eigenvalue weighted by Crippen LogP contribution is 2.27. The third kappa shape index (κ3) is 4.50. The van der Waals surface area contributed by atoms with Crippen LogP contribution in [0.25, 0.3) is 22.6 Å². The van der Waals surface area contributed by atoms with Gasteiger partial charge in [-0.25, -0.2) is 4.39 Å². The molecular formula is C23H20FN3O2. The molecule has 1 N–H and O–H groups in total. The number of phenolic OH excluding ortho intramolecular Hbond substituents is 1. The Labute approximate surface area is 168 Å². The summed E-state index contributed by atoms with van der Waals surface area (Å²) in [4.78, 5) is 1.98. The summed E-state index contributed by atoms with van der Waals surface area (Å²) in [7, 11) is 1.91. The number of hydrogen-bond acceptors (Lipinski definition) is 5. The van der Waals surface area contributed by atoms with Gasteiger partial charge in [-0.3, -0.25) is 4.90 Å². The molecule has 0 radical (unpaired) electrons. The maximum Gasteiger partial charge on any atom is 0.247 e. The van der Waals surface area contributed by atoms with Gasteiger partial charge in [-0.15, -0.1) is 10.2 Å². The smallest absolute Gasteiger partial charge is 0.247 e. The van der Waals surface area contributed by atoms with Gasteiger partial charge >= 0.3 is 0 Å². The molecule has 0 spiro atoms. The van der Waals surface area contributed by atoms with Gasteiger partial charge in [-0.05, 0) is 54.6 Å². The van der Waals surface area contributed by atoms with Crippen molar-refractivity contribution in [3.05, 3.63) is 90.1 Å². The monoisotopic (exact) mass is 389 g/mol. The second-order valence-corrected chi connectivity index (χ2v) is 6.89. The van der Waals surface area contributed by atoms with Crippen LogP contribution < -0.4 is 0 Å². The summed E-state index contributed by atoms with van der Waals surface area (Å²) in [5, 5.41) is 18.5. The van der Waals surface area contributed by atoms with Crippen molar-refractivity contribution in [1.82, 2.24) is 15.1 Å². The predicted molar refractivity (Wildman–Crippen MR) is 108 cm³/mol. The Bertz CT molecular complexity index is 1090. The molecule has 0 bridgehead atoms. The minimum absolute atomic E-state index is 0.207. The van der Waals surface area contributed by atoms with Gasteiger partial charge in [0.15, 0.2) is 0 Å². The van der Waals surface area contributed by atoms with Gasteiger partial charge in [0.25, 0.3) is 0 Å². The molecule has 0 saturated heterocycles. The van der Waals surface area contributed by atoms with Crippen molar-refractivity contribution in [2.75, 3.05) is 7.05 Å². The van der Waals surface area contributed by atoms with E-state index in [0.29, 0.717) is 24.9 Å². The van der Waals surface area contributed by atoms with Gasteiger partial charge in [0.2, 0.25) is 11.8 Å². The number of rotatable bonds is 6. The second kappa shape index (κ2) is 8.24. The normalized spacial score (nSPS) is 11.1. The fourth-order valence-corrected chi connectivity index (χ4v) is 3.13. The SMILES string of the molecule is CN(Cc1nnc(-c2ccccc2)o1)Cc1cc(-c2ccc(F)cc2)ccc1O. The Morgan fingerprint density at radius 3 is 2.34 bits per heavy atom. The molecular weight excluding hydrogens is 369 g/mol. The number of benzene rings is 3. The highest BCUT2D eigenvalue weighted by atomic mass is 19.1. The minimum atomic E-state index is -0.276. The summed E-state index contributed by atoms with van der Waals surface area (Å²) in [6.07, 6.45) is 0. The first-order valence-corrected chi connectivity index (χ1v) is 9.22. The van der Waals surface area contributed by atoms with Crippen molar-refractivity contribution in [1.29, 1.82) is 0 Å². The van der Waals surface area contributed by atoms with E-state index in [-0.39, 0.29) is 11.6 Å². The number of hydrogen-bond donors (Lipinski definition) is 1. The zero-order valence-corrected chi connectivity index (χ0v) is 15.9. The molecule has 0 aliphatic rings. The largest absolute Gasteiger partial charge is 0.508 e. The van der Waals surface area contributed by atoms with Crippen molar-refractivity contribution >= 4 is 0 Å². The third-order valence-electron chi connectivity index (χ3n) is 4.59.